The van der Waals surface area contributed by atoms with Crippen molar-refractivity contribution in [3.8, 4) is 0 Å². The number of carbonyl (C=O) groups is 1. The smallest absolute Gasteiger partial charge is 0.338 e. The number of ether oxygens (including phenoxy) is 1. The van der Waals surface area contributed by atoms with E-state index in [1.165, 1.54) is 0 Å². The van der Waals surface area contributed by atoms with Crippen LogP contribution in [0.1, 0.15) is 0 Å². The summed E-state index contributed by atoms with van der Waals surface area (Å²) in [5, 5.41) is 26.0. The van der Waals surface area contributed by atoms with E-state index in [9.17, 15) is 4.79 Å². The number of hydrogen-bond acceptors (Lipinski definition) is 5. The van der Waals surface area contributed by atoms with E-state index in [-0.39, 0.29) is 0 Å². The van der Waals surface area contributed by atoms with Gasteiger partial charge < -0.3 is 20.1 Å². The van der Waals surface area contributed by atoms with Crippen LogP contribution in [0.3, 0.4) is 0 Å². The monoisotopic (exact) mass is 148 g/mol. The number of aliphatic hydroxyl groups is 3. The predicted octanol–water partition coefficient (Wildman–Crippen LogP) is -2.37. The fraction of sp³-hybridized carbons (Fsp3) is 0.800. The van der Waals surface area contributed by atoms with Crippen LogP contribution in [-0.4, -0.2) is 46.2 Å². The molecule has 58 valence electrons. The fourth-order valence-electron chi connectivity index (χ4n) is 0.777. The molecular formula is C5H8O5. The van der Waals surface area contributed by atoms with E-state index in [0.717, 1.165) is 0 Å². The molecule has 3 atom stereocenters. The highest BCUT2D eigenvalue weighted by molar-refractivity contribution is 5.77. The molecule has 1 aliphatic rings. The summed E-state index contributed by atoms with van der Waals surface area (Å²) < 4.78 is 4.35. The molecule has 5 heteroatoms. The van der Waals surface area contributed by atoms with Crippen LogP contribution in [-0.2, 0) is 9.53 Å². The zero-order valence-electron chi connectivity index (χ0n) is 5.10. The van der Waals surface area contributed by atoms with Gasteiger partial charge in [-0.3, -0.25) is 0 Å². The normalized spacial score (nSPS) is 39.9. The molecule has 1 aliphatic heterocycles. The minimum absolute atomic E-state index is 0.468. The molecule has 0 saturated carbocycles. The van der Waals surface area contributed by atoms with E-state index < -0.39 is 30.9 Å². The Labute approximate surface area is 56.9 Å². The maximum absolute atomic E-state index is 10.4. The van der Waals surface area contributed by atoms with E-state index in [0.29, 0.717) is 0 Å². The van der Waals surface area contributed by atoms with Crippen LogP contribution in [0.15, 0.2) is 0 Å². The molecule has 0 radical (unpaired) electrons. The predicted molar refractivity (Wildman–Crippen MR) is 29.0 cm³/mol. The minimum Gasteiger partial charge on any atom is -0.455 e. The van der Waals surface area contributed by atoms with E-state index in [1.807, 2.05) is 0 Å². The fourth-order valence-corrected chi connectivity index (χ4v) is 0.777. The van der Waals surface area contributed by atoms with Gasteiger partial charge in [0.25, 0.3) is 0 Å². The second kappa shape index (κ2) is 2.53. The number of esters is 1. The van der Waals surface area contributed by atoms with Crippen molar-refractivity contribution in [2.45, 2.75) is 18.3 Å². The summed E-state index contributed by atoms with van der Waals surface area (Å²) in [7, 11) is 0. The van der Waals surface area contributed by atoms with Crippen LogP contribution in [0, 0.1) is 0 Å². The lowest BCUT2D eigenvalue weighted by atomic mass is 10.1. The molecule has 0 aromatic heterocycles. The Balaban J connectivity index is 2.61. The SMILES string of the molecule is O=C1O[C@@H](CO)C(O)C1O. The van der Waals surface area contributed by atoms with Gasteiger partial charge in [0.1, 0.15) is 6.10 Å². The lowest BCUT2D eigenvalue weighted by Gasteiger charge is -2.08. The summed E-state index contributed by atoms with van der Waals surface area (Å²) in [5.41, 5.74) is 0. The number of carbonyl (C=O) groups excluding carboxylic acids is 1. The first-order chi connectivity index (χ1) is 4.66. The van der Waals surface area contributed by atoms with Crippen molar-refractivity contribution in [2.75, 3.05) is 6.61 Å². The van der Waals surface area contributed by atoms with Crippen LogP contribution in [0.2, 0.25) is 0 Å². The van der Waals surface area contributed by atoms with Crippen molar-refractivity contribution in [3.63, 3.8) is 0 Å². The number of rotatable bonds is 1. The molecule has 10 heavy (non-hydrogen) atoms. The standard InChI is InChI=1S/C5H8O5/c6-1-2-3(7)4(8)5(9)10-2/h2-4,6-8H,1H2/t2-,3?,4?/m0/s1. The molecule has 0 aromatic rings. The molecule has 3 N–H and O–H groups in total. The topological polar surface area (TPSA) is 87.0 Å². The average molecular weight is 148 g/mol. The highest BCUT2D eigenvalue weighted by atomic mass is 16.6. The van der Waals surface area contributed by atoms with Gasteiger partial charge in [-0.25, -0.2) is 4.79 Å². The highest BCUT2D eigenvalue weighted by Crippen LogP contribution is 2.14. The van der Waals surface area contributed by atoms with E-state index in [4.69, 9.17) is 15.3 Å². The van der Waals surface area contributed by atoms with Gasteiger partial charge in [0.15, 0.2) is 12.2 Å². The van der Waals surface area contributed by atoms with Crippen molar-refractivity contribution in [1.82, 2.24) is 0 Å². The van der Waals surface area contributed by atoms with Crippen LogP contribution in [0.4, 0.5) is 0 Å². The first-order valence-electron chi connectivity index (χ1n) is 2.84. The van der Waals surface area contributed by atoms with Gasteiger partial charge in [-0.2, -0.15) is 0 Å². The molecule has 1 fully saturated rings. The molecule has 1 saturated heterocycles. The summed E-state index contributed by atoms with van der Waals surface area (Å²) in [6.45, 7) is -0.468. The average Bonchev–Trinajstić information content (AvgIpc) is 2.17. The number of aliphatic hydroxyl groups excluding tert-OH is 3. The van der Waals surface area contributed by atoms with Gasteiger partial charge in [0.05, 0.1) is 6.61 Å². The molecule has 2 unspecified atom stereocenters. The summed E-state index contributed by atoms with van der Waals surface area (Å²) in [4.78, 5) is 10.4. The molecule has 0 aliphatic carbocycles. The van der Waals surface area contributed by atoms with Gasteiger partial charge in [-0.15, -0.1) is 0 Å². The van der Waals surface area contributed by atoms with Gasteiger partial charge in [-0.05, 0) is 0 Å². The third kappa shape index (κ3) is 0.985. The third-order valence-corrected chi connectivity index (χ3v) is 1.39. The van der Waals surface area contributed by atoms with Gasteiger partial charge in [-0.1, -0.05) is 0 Å². The van der Waals surface area contributed by atoms with Crippen molar-refractivity contribution < 1.29 is 24.9 Å². The Kier molecular flexibility index (Phi) is 1.89. The zero-order chi connectivity index (χ0) is 7.72. The van der Waals surface area contributed by atoms with Crippen LogP contribution >= 0.6 is 0 Å². The van der Waals surface area contributed by atoms with Crippen molar-refractivity contribution in [3.05, 3.63) is 0 Å². The van der Waals surface area contributed by atoms with Gasteiger partial charge >= 0.3 is 5.97 Å². The van der Waals surface area contributed by atoms with Crippen molar-refractivity contribution >= 4 is 5.97 Å². The number of cyclic esters (lactones) is 1. The molecule has 5 nitrogen and oxygen atoms in total. The Bertz CT molecular complexity index is 145. The summed E-state index contributed by atoms with van der Waals surface area (Å²) in [6.07, 6.45) is -3.77. The second-order valence-corrected chi connectivity index (χ2v) is 2.09. The summed E-state index contributed by atoms with van der Waals surface area (Å²) in [5.74, 6) is -0.883. The molecule has 0 amide bonds. The molecule has 0 spiro atoms. The number of hydrogen-bond donors (Lipinski definition) is 3. The maximum Gasteiger partial charge on any atom is 0.338 e. The Morgan fingerprint density at radius 3 is 2.30 bits per heavy atom. The Morgan fingerprint density at radius 2 is 2.10 bits per heavy atom. The van der Waals surface area contributed by atoms with Gasteiger partial charge in [0.2, 0.25) is 0 Å². The summed E-state index contributed by atoms with van der Waals surface area (Å²) in [6, 6.07) is 0. The highest BCUT2D eigenvalue weighted by Gasteiger charge is 2.41. The van der Waals surface area contributed by atoms with Crippen molar-refractivity contribution in [1.29, 1.82) is 0 Å². The van der Waals surface area contributed by atoms with Crippen molar-refractivity contribution in [2.24, 2.45) is 0 Å². The maximum atomic E-state index is 10.4. The molecule has 1 rings (SSSR count). The van der Waals surface area contributed by atoms with Crippen LogP contribution in [0.5, 0.6) is 0 Å². The first-order valence-corrected chi connectivity index (χ1v) is 2.84. The molecule has 0 bridgehead atoms. The van der Waals surface area contributed by atoms with Crippen LogP contribution < -0.4 is 0 Å². The Morgan fingerprint density at radius 1 is 1.50 bits per heavy atom. The van der Waals surface area contributed by atoms with Crippen LogP contribution in [0.25, 0.3) is 0 Å². The largest absolute Gasteiger partial charge is 0.455 e. The van der Waals surface area contributed by atoms with E-state index in [1.54, 1.807) is 0 Å². The zero-order valence-corrected chi connectivity index (χ0v) is 5.10. The van der Waals surface area contributed by atoms with Gasteiger partial charge in [0, 0.05) is 0 Å². The minimum atomic E-state index is -1.50. The molecule has 1 heterocycles. The van der Waals surface area contributed by atoms with E-state index in [2.05, 4.69) is 4.74 Å². The summed E-state index contributed by atoms with van der Waals surface area (Å²) >= 11 is 0. The quantitative estimate of drug-likeness (QED) is 0.362. The Hall–Kier alpha value is -0.650. The second-order valence-electron chi connectivity index (χ2n) is 2.09. The van der Waals surface area contributed by atoms with E-state index >= 15 is 0 Å². The lowest BCUT2D eigenvalue weighted by Crippen LogP contribution is -2.32. The lowest BCUT2D eigenvalue weighted by molar-refractivity contribution is -0.148. The first kappa shape index (κ1) is 7.46. The molecular weight excluding hydrogens is 140 g/mol. The third-order valence-electron chi connectivity index (χ3n) is 1.39. The molecule has 0 aromatic carbocycles.